The van der Waals surface area contributed by atoms with Gasteiger partial charge in [0, 0.05) is 0 Å². The van der Waals surface area contributed by atoms with Crippen molar-refractivity contribution in [3.8, 4) is 23.0 Å². The first-order chi connectivity index (χ1) is 22.4. The van der Waals surface area contributed by atoms with Crippen molar-refractivity contribution < 1.29 is 39.5 Å². The lowest BCUT2D eigenvalue weighted by molar-refractivity contribution is -0.140. The van der Waals surface area contributed by atoms with Crippen molar-refractivity contribution in [1.82, 2.24) is 10.6 Å². The van der Waals surface area contributed by atoms with Crippen LogP contribution in [0.3, 0.4) is 0 Å². The lowest BCUT2D eigenvalue weighted by atomic mass is 9.88. The van der Waals surface area contributed by atoms with E-state index in [-0.39, 0.29) is 23.8 Å². The van der Waals surface area contributed by atoms with Gasteiger partial charge < -0.3 is 40.5 Å². The Balaban J connectivity index is 0.000000766. The molecule has 0 aliphatic heterocycles. The number of carbonyl (C=O) groups is 2. The summed E-state index contributed by atoms with van der Waals surface area (Å²) in [5, 5.41) is 44.8. The zero-order chi connectivity index (χ0) is 35.4. The topological polar surface area (TPSA) is 158 Å². The number of hydrogen-bond donors (Lipinski definition) is 6. The molecule has 2 aromatic carbocycles. The van der Waals surface area contributed by atoms with Gasteiger partial charge in [-0.05, 0) is 92.5 Å². The van der Waals surface area contributed by atoms with E-state index >= 15 is 0 Å². The molecule has 10 nitrogen and oxygen atoms in total. The monoisotopic (exact) mass is 654 g/mol. The Hall–Kier alpha value is -4.28. The van der Waals surface area contributed by atoms with Crippen molar-refractivity contribution in [1.29, 1.82) is 0 Å². The van der Waals surface area contributed by atoms with Gasteiger partial charge >= 0.3 is 5.97 Å². The third kappa shape index (κ3) is 14.8. The van der Waals surface area contributed by atoms with E-state index in [1.807, 2.05) is 31.2 Å². The van der Waals surface area contributed by atoms with Gasteiger partial charge in [-0.3, -0.25) is 9.59 Å². The van der Waals surface area contributed by atoms with Crippen molar-refractivity contribution in [2.24, 2.45) is 5.92 Å². The predicted octanol–water partition coefficient (Wildman–Crippen LogP) is 5.70. The number of aryl methyl sites for hydroxylation is 2. The largest absolute Gasteiger partial charge is 0.504 e. The number of phenols is 2. The first kappa shape index (κ1) is 40.7. The zero-order valence-corrected chi connectivity index (χ0v) is 28.5. The molecule has 0 fully saturated rings. The number of carboxylic acid groups (broad SMARTS) is 1. The van der Waals surface area contributed by atoms with E-state index in [1.165, 1.54) is 12.7 Å². The second-order valence-corrected chi connectivity index (χ2v) is 11.3. The second kappa shape index (κ2) is 22.3. The Kier molecular flexibility index (Phi) is 19.3. The summed E-state index contributed by atoms with van der Waals surface area (Å²) in [5.74, 6) is -0.298. The van der Waals surface area contributed by atoms with Crippen LogP contribution in [0, 0.1) is 5.92 Å². The van der Waals surface area contributed by atoms with Gasteiger partial charge in [0.15, 0.2) is 23.0 Å². The van der Waals surface area contributed by atoms with Crippen LogP contribution in [0.25, 0.3) is 0 Å². The fraction of sp³-hybridized carbons (Fsp3) is 0.459. The number of benzene rings is 2. The van der Waals surface area contributed by atoms with Gasteiger partial charge in [-0.2, -0.15) is 0 Å². The fourth-order valence-corrected chi connectivity index (χ4v) is 5.02. The molecule has 4 unspecified atom stereocenters. The summed E-state index contributed by atoms with van der Waals surface area (Å²) in [5.41, 5.74) is 3.07. The molecule has 260 valence electrons. The van der Waals surface area contributed by atoms with Crippen molar-refractivity contribution in [2.75, 3.05) is 20.8 Å². The number of amides is 1. The molecule has 0 aliphatic carbocycles. The van der Waals surface area contributed by atoms with E-state index in [1.54, 1.807) is 44.4 Å². The van der Waals surface area contributed by atoms with Gasteiger partial charge in [0.1, 0.15) is 0 Å². The normalized spacial score (nSPS) is 13.6. The molecule has 47 heavy (non-hydrogen) atoms. The Morgan fingerprint density at radius 1 is 0.957 bits per heavy atom. The maximum Gasteiger partial charge on any atom is 0.305 e. The Morgan fingerprint density at radius 3 is 2.17 bits per heavy atom. The quantitative estimate of drug-likeness (QED) is 0.0778. The minimum Gasteiger partial charge on any atom is -0.504 e. The van der Waals surface area contributed by atoms with Crippen LogP contribution in [-0.2, 0) is 22.4 Å². The molecular weight excluding hydrogens is 600 g/mol. The smallest absolute Gasteiger partial charge is 0.305 e. The minimum atomic E-state index is -1.10. The van der Waals surface area contributed by atoms with Crippen LogP contribution in [0.2, 0.25) is 0 Å². The van der Waals surface area contributed by atoms with Crippen LogP contribution in [0.15, 0.2) is 73.4 Å². The van der Waals surface area contributed by atoms with Crippen molar-refractivity contribution in [3.63, 3.8) is 0 Å². The molecule has 0 radical (unpaired) electrons. The number of aliphatic carboxylic acids is 1. The van der Waals surface area contributed by atoms with E-state index in [9.17, 15) is 30.0 Å². The molecule has 0 spiro atoms. The summed E-state index contributed by atoms with van der Waals surface area (Å²) in [6.07, 6.45) is 8.69. The molecule has 2 aromatic rings. The SMILES string of the molecule is C=C/C=C(\C=C)C(CC)CC(O)C(C)NC(=O)C(CC(=O)O)NCCCc1ccc(OC)c(O)c1.CCCc1ccc(O)c(OC)c1. The van der Waals surface area contributed by atoms with Gasteiger partial charge in [0.25, 0.3) is 0 Å². The minimum absolute atomic E-state index is 0.0548. The van der Waals surface area contributed by atoms with Gasteiger partial charge in [-0.1, -0.05) is 63.8 Å². The van der Waals surface area contributed by atoms with Crippen molar-refractivity contribution >= 4 is 11.9 Å². The van der Waals surface area contributed by atoms with E-state index in [0.29, 0.717) is 37.3 Å². The van der Waals surface area contributed by atoms with Gasteiger partial charge in [0.2, 0.25) is 5.91 Å². The Morgan fingerprint density at radius 2 is 1.62 bits per heavy atom. The van der Waals surface area contributed by atoms with Crippen LogP contribution >= 0.6 is 0 Å². The predicted molar refractivity (Wildman–Crippen MR) is 186 cm³/mol. The second-order valence-electron chi connectivity index (χ2n) is 11.3. The highest BCUT2D eigenvalue weighted by atomic mass is 16.5. The Labute approximate surface area is 279 Å². The molecule has 0 saturated heterocycles. The zero-order valence-electron chi connectivity index (χ0n) is 28.5. The van der Waals surface area contributed by atoms with E-state index in [4.69, 9.17) is 9.47 Å². The lowest BCUT2D eigenvalue weighted by Crippen LogP contribution is -2.51. The number of nitrogens with one attached hydrogen (secondary N) is 2. The summed E-state index contributed by atoms with van der Waals surface area (Å²) in [6, 6.07) is 9.11. The lowest BCUT2D eigenvalue weighted by Gasteiger charge is -2.27. The summed E-state index contributed by atoms with van der Waals surface area (Å²) in [4.78, 5) is 24.1. The molecule has 10 heteroatoms. The number of methoxy groups -OCH3 is 2. The molecule has 0 aromatic heterocycles. The van der Waals surface area contributed by atoms with Gasteiger partial charge in [0.05, 0.1) is 38.8 Å². The van der Waals surface area contributed by atoms with Crippen LogP contribution in [0.4, 0.5) is 0 Å². The summed E-state index contributed by atoms with van der Waals surface area (Å²) in [7, 11) is 3.04. The van der Waals surface area contributed by atoms with E-state index in [0.717, 1.165) is 30.4 Å². The number of allylic oxidation sites excluding steroid dienone is 4. The number of aliphatic hydroxyl groups excluding tert-OH is 1. The molecule has 0 bridgehead atoms. The highest BCUT2D eigenvalue weighted by Crippen LogP contribution is 2.27. The van der Waals surface area contributed by atoms with Crippen LogP contribution in [0.5, 0.6) is 23.0 Å². The average Bonchev–Trinajstić information content (AvgIpc) is 3.05. The molecule has 1 amide bonds. The number of phenolic OH excluding ortho intramolecular Hbond substituents is 2. The third-order valence-electron chi connectivity index (χ3n) is 7.74. The maximum atomic E-state index is 12.8. The highest BCUT2D eigenvalue weighted by Gasteiger charge is 2.26. The Bertz CT molecular complexity index is 1310. The first-order valence-electron chi connectivity index (χ1n) is 16.0. The van der Waals surface area contributed by atoms with E-state index in [2.05, 4.69) is 30.7 Å². The molecule has 2 rings (SSSR count). The van der Waals surface area contributed by atoms with E-state index < -0.39 is 30.1 Å². The summed E-state index contributed by atoms with van der Waals surface area (Å²) < 4.78 is 10.0. The molecule has 6 N–H and O–H groups in total. The summed E-state index contributed by atoms with van der Waals surface area (Å²) in [6.45, 7) is 13.8. The molecule has 4 atom stereocenters. The first-order valence-corrected chi connectivity index (χ1v) is 16.0. The molecular formula is C37H54N2O8. The van der Waals surface area contributed by atoms with Crippen LogP contribution in [-0.4, -0.2) is 71.3 Å². The number of carbonyl (C=O) groups excluding carboxylic acids is 1. The number of ether oxygens (including phenoxy) is 2. The number of carboxylic acids is 1. The van der Waals surface area contributed by atoms with Gasteiger partial charge in [-0.25, -0.2) is 0 Å². The third-order valence-corrected chi connectivity index (χ3v) is 7.74. The highest BCUT2D eigenvalue weighted by molar-refractivity contribution is 5.86. The number of rotatable bonds is 20. The van der Waals surface area contributed by atoms with Crippen LogP contribution in [0.1, 0.15) is 64.0 Å². The standard InChI is InChI=1S/C27H40N2O6.C10H14O2/c1-6-10-20(7-2)21(8-3)16-23(30)18(4)29-27(34)22(17-26(32)33)28-14-9-11-19-12-13-25(35-5)24(31)15-19;1-3-4-8-5-6-9(11)10(7-8)12-2/h6-7,10,12-13,15,18,21-23,28,30-31H,1-2,8-9,11,14,16-17H2,3-5H3,(H,29,34)(H,32,33);5-7,11H,3-4H2,1-2H3/b20-10+;. The van der Waals surface area contributed by atoms with Crippen molar-refractivity contribution in [3.05, 3.63) is 84.5 Å². The number of hydrogen-bond acceptors (Lipinski definition) is 8. The number of aromatic hydroxyl groups is 2. The molecule has 0 aliphatic rings. The van der Waals surface area contributed by atoms with Crippen LogP contribution < -0.4 is 20.1 Å². The fourth-order valence-electron chi connectivity index (χ4n) is 5.02. The maximum absolute atomic E-state index is 12.8. The number of aliphatic hydroxyl groups is 1. The van der Waals surface area contributed by atoms with Gasteiger partial charge in [-0.15, -0.1) is 0 Å². The van der Waals surface area contributed by atoms with Crippen molar-refractivity contribution in [2.45, 2.75) is 83.9 Å². The summed E-state index contributed by atoms with van der Waals surface area (Å²) >= 11 is 0. The molecule has 0 heterocycles. The average molecular weight is 655 g/mol. The molecule has 0 saturated carbocycles.